The Bertz CT molecular complexity index is 792. The van der Waals surface area contributed by atoms with E-state index in [4.69, 9.17) is 23.2 Å². The van der Waals surface area contributed by atoms with Crippen LogP contribution in [0.15, 0.2) is 48.5 Å². The van der Waals surface area contributed by atoms with E-state index < -0.39 is 6.04 Å². The van der Waals surface area contributed by atoms with Crippen molar-refractivity contribution in [1.82, 2.24) is 10.2 Å². The van der Waals surface area contributed by atoms with Gasteiger partial charge in [0, 0.05) is 41.5 Å². The summed E-state index contributed by atoms with van der Waals surface area (Å²) in [6.07, 6.45) is 2.30. The van der Waals surface area contributed by atoms with Gasteiger partial charge in [-0.25, -0.2) is 0 Å². The monoisotopic (exact) mass is 434 g/mol. The van der Waals surface area contributed by atoms with Crippen molar-refractivity contribution in [1.29, 1.82) is 0 Å². The molecule has 2 aromatic rings. The molecule has 0 fully saturated rings. The molecule has 0 aliphatic heterocycles. The van der Waals surface area contributed by atoms with Crippen molar-refractivity contribution in [2.45, 2.75) is 52.1 Å². The molecule has 0 aromatic heterocycles. The highest BCUT2D eigenvalue weighted by Crippen LogP contribution is 2.27. The topological polar surface area (TPSA) is 49.4 Å². The summed E-state index contributed by atoms with van der Waals surface area (Å²) in [6.45, 7) is 4.69. The van der Waals surface area contributed by atoms with Gasteiger partial charge in [-0.3, -0.25) is 9.59 Å². The fourth-order valence-electron chi connectivity index (χ4n) is 3.13. The summed E-state index contributed by atoms with van der Waals surface area (Å²) >= 11 is 12.7. The van der Waals surface area contributed by atoms with Crippen molar-refractivity contribution in [3.63, 3.8) is 0 Å². The maximum Gasteiger partial charge on any atom is 0.243 e. The molecule has 1 unspecified atom stereocenters. The summed E-state index contributed by atoms with van der Waals surface area (Å²) in [7, 11) is 0. The van der Waals surface area contributed by atoms with Crippen molar-refractivity contribution < 1.29 is 9.59 Å². The molecular weight excluding hydrogens is 407 g/mol. The smallest absolute Gasteiger partial charge is 0.243 e. The third-order valence-electron chi connectivity index (χ3n) is 4.67. The number of nitrogens with one attached hydrogen (secondary N) is 1. The van der Waals surface area contributed by atoms with E-state index in [1.165, 1.54) is 0 Å². The van der Waals surface area contributed by atoms with Crippen molar-refractivity contribution in [3.8, 4) is 0 Å². The van der Waals surface area contributed by atoms with Gasteiger partial charge in [-0.2, -0.15) is 0 Å². The molecule has 0 bridgehead atoms. The zero-order chi connectivity index (χ0) is 21.2. The number of hydrogen-bond acceptors (Lipinski definition) is 2. The average molecular weight is 435 g/mol. The molecule has 1 N–H and O–H groups in total. The molecule has 0 aliphatic rings. The standard InChI is InChI=1S/C23H28Cl2N2O2/c1-3-9-22(28)27(16-18-19(24)12-8-13-20(18)25)21(23(29)26-14-4-2)15-17-10-6-5-7-11-17/h5-8,10-13,21H,3-4,9,14-16H2,1-2H3,(H,26,29). The van der Waals surface area contributed by atoms with Crippen LogP contribution in [-0.4, -0.2) is 29.3 Å². The first kappa shape index (κ1) is 23.2. The Morgan fingerprint density at radius 3 is 2.21 bits per heavy atom. The minimum atomic E-state index is -0.643. The Morgan fingerprint density at radius 2 is 1.62 bits per heavy atom. The summed E-state index contributed by atoms with van der Waals surface area (Å²) in [5.41, 5.74) is 1.64. The second-order valence-corrected chi connectivity index (χ2v) is 7.78. The highest BCUT2D eigenvalue weighted by Gasteiger charge is 2.30. The van der Waals surface area contributed by atoms with Crippen LogP contribution in [0.4, 0.5) is 0 Å². The van der Waals surface area contributed by atoms with Crippen LogP contribution in [0.3, 0.4) is 0 Å². The first-order valence-corrected chi connectivity index (χ1v) is 10.8. The zero-order valence-electron chi connectivity index (χ0n) is 17.0. The maximum absolute atomic E-state index is 13.0. The first-order chi connectivity index (χ1) is 14.0. The Labute approximate surface area is 183 Å². The molecule has 0 saturated carbocycles. The van der Waals surface area contributed by atoms with E-state index >= 15 is 0 Å². The lowest BCUT2D eigenvalue weighted by Crippen LogP contribution is -2.50. The van der Waals surface area contributed by atoms with Gasteiger partial charge in [0.2, 0.25) is 11.8 Å². The van der Waals surface area contributed by atoms with Gasteiger partial charge in [-0.1, -0.05) is 73.4 Å². The van der Waals surface area contributed by atoms with Crippen LogP contribution in [-0.2, 0) is 22.6 Å². The molecule has 0 radical (unpaired) electrons. The van der Waals surface area contributed by atoms with Crippen molar-refractivity contribution >= 4 is 35.0 Å². The van der Waals surface area contributed by atoms with Crippen LogP contribution in [0.2, 0.25) is 10.0 Å². The predicted molar refractivity (Wildman–Crippen MR) is 119 cm³/mol. The molecule has 2 rings (SSSR count). The van der Waals surface area contributed by atoms with Crippen molar-refractivity contribution in [3.05, 3.63) is 69.7 Å². The molecule has 0 saturated heterocycles. The molecule has 0 aliphatic carbocycles. The number of carbonyl (C=O) groups excluding carboxylic acids is 2. The molecule has 156 valence electrons. The van der Waals surface area contributed by atoms with Crippen LogP contribution in [0.5, 0.6) is 0 Å². The van der Waals surface area contributed by atoms with Gasteiger partial charge in [0.25, 0.3) is 0 Å². The lowest BCUT2D eigenvalue weighted by Gasteiger charge is -2.32. The SMILES string of the molecule is CCCNC(=O)C(Cc1ccccc1)N(Cc1c(Cl)cccc1Cl)C(=O)CCC. The van der Waals surface area contributed by atoms with Gasteiger partial charge < -0.3 is 10.2 Å². The molecule has 4 nitrogen and oxygen atoms in total. The van der Waals surface area contributed by atoms with E-state index in [9.17, 15) is 9.59 Å². The van der Waals surface area contributed by atoms with Gasteiger partial charge in [0.15, 0.2) is 0 Å². The van der Waals surface area contributed by atoms with E-state index in [0.29, 0.717) is 41.4 Å². The lowest BCUT2D eigenvalue weighted by atomic mass is 10.0. The second kappa shape index (κ2) is 11.8. The van der Waals surface area contributed by atoms with E-state index in [-0.39, 0.29) is 18.4 Å². The van der Waals surface area contributed by atoms with E-state index in [1.807, 2.05) is 44.2 Å². The van der Waals surface area contributed by atoms with Crippen LogP contribution < -0.4 is 5.32 Å². The number of carbonyl (C=O) groups is 2. The van der Waals surface area contributed by atoms with Gasteiger partial charge in [0.1, 0.15) is 6.04 Å². The van der Waals surface area contributed by atoms with Crippen LogP contribution in [0, 0.1) is 0 Å². The maximum atomic E-state index is 13.0. The van der Waals surface area contributed by atoms with Gasteiger partial charge in [0.05, 0.1) is 0 Å². The molecule has 0 spiro atoms. The zero-order valence-corrected chi connectivity index (χ0v) is 18.5. The van der Waals surface area contributed by atoms with E-state index in [2.05, 4.69) is 5.32 Å². The Balaban J connectivity index is 2.41. The largest absolute Gasteiger partial charge is 0.354 e. The van der Waals surface area contributed by atoms with Crippen molar-refractivity contribution in [2.24, 2.45) is 0 Å². The Kier molecular flexibility index (Phi) is 9.49. The Morgan fingerprint density at radius 1 is 0.966 bits per heavy atom. The normalized spacial score (nSPS) is 11.7. The minimum absolute atomic E-state index is 0.0870. The minimum Gasteiger partial charge on any atom is -0.354 e. The van der Waals surface area contributed by atoms with Crippen LogP contribution >= 0.6 is 23.2 Å². The number of benzene rings is 2. The summed E-state index contributed by atoms with van der Waals surface area (Å²) < 4.78 is 0. The summed E-state index contributed by atoms with van der Waals surface area (Å²) in [5.74, 6) is -0.251. The predicted octanol–water partition coefficient (Wildman–Crippen LogP) is 5.26. The molecule has 6 heteroatoms. The van der Waals surface area contributed by atoms with Crippen molar-refractivity contribution in [2.75, 3.05) is 6.54 Å². The quantitative estimate of drug-likeness (QED) is 0.554. The second-order valence-electron chi connectivity index (χ2n) is 6.97. The number of hydrogen-bond donors (Lipinski definition) is 1. The van der Waals surface area contributed by atoms with Crippen LogP contribution in [0.1, 0.15) is 44.2 Å². The van der Waals surface area contributed by atoms with Gasteiger partial charge >= 0.3 is 0 Å². The first-order valence-electron chi connectivity index (χ1n) is 10.0. The highest BCUT2D eigenvalue weighted by molar-refractivity contribution is 6.36. The highest BCUT2D eigenvalue weighted by atomic mass is 35.5. The molecule has 29 heavy (non-hydrogen) atoms. The van der Waals surface area contributed by atoms with Crippen LogP contribution in [0.25, 0.3) is 0 Å². The number of halogens is 2. The third-order valence-corrected chi connectivity index (χ3v) is 5.38. The fourth-order valence-corrected chi connectivity index (χ4v) is 3.65. The average Bonchev–Trinajstić information content (AvgIpc) is 2.71. The molecule has 2 aromatic carbocycles. The van der Waals surface area contributed by atoms with E-state index in [0.717, 1.165) is 12.0 Å². The lowest BCUT2D eigenvalue weighted by molar-refractivity contribution is -0.141. The number of amides is 2. The van der Waals surface area contributed by atoms with Gasteiger partial charge in [-0.05, 0) is 30.5 Å². The van der Waals surface area contributed by atoms with Gasteiger partial charge in [-0.15, -0.1) is 0 Å². The summed E-state index contributed by atoms with van der Waals surface area (Å²) in [4.78, 5) is 27.7. The number of nitrogens with zero attached hydrogens (tertiary/aromatic N) is 1. The third kappa shape index (κ3) is 6.76. The molecular formula is C23H28Cl2N2O2. The number of rotatable bonds is 10. The Hall–Kier alpha value is -2.04. The summed E-state index contributed by atoms with van der Waals surface area (Å²) in [5, 5.41) is 3.92. The molecule has 2 amide bonds. The molecule has 0 heterocycles. The van der Waals surface area contributed by atoms with E-state index in [1.54, 1.807) is 23.1 Å². The summed E-state index contributed by atoms with van der Waals surface area (Å²) in [6, 6.07) is 14.3. The fraction of sp³-hybridized carbons (Fsp3) is 0.391. The molecule has 1 atom stereocenters.